The molecule has 0 saturated carbocycles. The van der Waals surface area contributed by atoms with Gasteiger partial charge in [-0.15, -0.1) is 0 Å². The maximum Gasteiger partial charge on any atom is 0.221 e. The smallest absolute Gasteiger partial charge is 0.221 e. The first-order valence-corrected chi connectivity index (χ1v) is 6.78. The van der Waals surface area contributed by atoms with Crippen LogP contribution in [0.4, 0.5) is 5.95 Å². The molecule has 0 unspecified atom stereocenters. The number of fused-ring (bicyclic) bond motifs is 3. The second kappa shape index (κ2) is 4.42. The van der Waals surface area contributed by atoms with Gasteiger partial charge >= 0.3 is 0 Å². The quantitative estimate of drug-likeness (QED) is 0.730. The van der Waals surface area contributed by atoms with E-state index in [0.29, 0.717) is 12.0 Å². The predicted molar refractivity (Wildman–Crippen MR) is 76.3 cm³/mol. The second-order valence-corrected chi connectivity index (χ2v) is 5.07. The highest BCUT2D eigenvalue weighted by molar-refractivity contribution is 6.06. The van der Waals surface area contributed by atoms with E-state index < -0.39 is 0 Å². The van der Waals surface area contributed by atoms with Crippen LogP contribution in [-0.4, -0.2) is 32.7 Å². The number of rotatable bonds is 1. The van der Waals surface area contributed by atoms with Crippen molar-refractivity contribution in [3.63, 3.8) is 0 Å². The molecule has 6 nitrogen and oxygen atoms in total. The molecule has 4 heterocycles. The third-order valence-electron chi connectivity index (χ3n) is 3.92. The van der Waals surface area contributed by atoms with Gasteiger partial charge in [-0.25, -0.2) is 4.98 Å². The van der Waals surface area contributed by atoms with Crippen LogP contribution in [0.2, 0.25) is 0 Å². The molecule has 1 fully saturated rings. The molecule has 20 heavy (non-hydrogen) atoms. The van der Waals surface area contributed by atoms with E-state index in [2.05, 4.69) is 19.5 Å². The van der Waals surface area contributed by atoms with Crippen LogP contribution in [0.1, 0.15) is 18.9 Å². The third kappa shape index (κ3) is 1.65. The van der Waals surface area contributed by atoms with Crippen molar-refractivity contribution in [2.45, 2.75) is 18.9 Å². The summed E-state index contributed by atoms with van der Waals surface area (Å²) in [5.41, 5.74) is 7.76. The second-order valence-electron chi connectivity index (χ2n) is 5.07. The zero-order valence-electron chi connectivity index (χ0n) is 11.0. The minimum atomic E-state index is 0.307. The van der Waals surface area contributed by atoms with E-state index in [1.54, 1.807) is 12.4 Å². The summed E-state index contributed by atoms with van der Waals surface area (Å²) in [6.45, 7) is 1.57. The lowest BCUT2D eigenvalue weighted by molar-refractivity contribution is 0.0716. The van der Waals surface area contributed by atoms with Crippen LogP contribution in [0.25, 0.3) is 21.9 Å². The number of pyridine rings is 1. The number of nitrogens with zero attached hydrogens (tertiary/aromatic N) is 4. The van der Waals surface area contributed by atoms with Gasteiger partial charge in [0.15, 0.2) is 0 Å². The molecule has 6 heteroatoms. The van der Waals surface area contributed by atoms with E-state index >= 15 is 0 Å². The van der Waals surface area contributed by atoms with E-state index in [1.165, 1.54) is 0 Å². The predicted octanol–water partition coefficient (Wildman–Crippen LogP) is 1.91. The maximum absolute atomic E-state index is 5.77. The first kappa shape index (κ1) is 11.6. The Labute approximate surface area is 115 Å². The largest absolute Gasteiger partial charge is 0.381 e. The molecule has 0 radical (unpaired) electrons. The summed E-state index contributed by atoms with van der Waals surface area (Å²) in [5, 5.41) is 2.16. The number of hydrogen-bond donors (Lipinski definition) is 1. The van der Waals surface area contributed by atoms with Gasteiger partial charge in [-0.2, -0.15) is 4.98 Å². The van der Waals surface area contributed by atoms with Gasteiger partial charge in [-0.3, -0.25) is 4.98 Å². The van der Waals surface area contributed by atoms with Crippen molar-refractivity contribution in [2.24, 2.45) is 0 Å². The zero-order valence-corrected chi connectivity index (χ0v) is 11.0. The molecule has 0 atom stereocenters. The van der Waals surface area contributed by atoms with Gasteiger partial charge in [-0.1, -0.05) is 0 Å². The molecule has 0 spiro atoms. The van der Waals surface area contributed by atoms with Crippen molar-refractivity contribution in [1.82, 2.24) is 19.5 Å². The number of anilines is 1. The summed E-state index contributed by atoms with van der Waals surface area (Å²) in [6, 6.07) is 2.38. The van der Waals surface area contributed by atoms with Crippen molar-refractivity contribution in [1.29, 1.82) is 0 Å². The van der Waals surface area contributed by atoms with Gasteiger partial charge < -0.3 is 15.0 Å². The molecule has 0 amide bonds. The van der Waals surface area contributed by atoms with Crippen LogP contribution >= 0.6 is 0 Å². The van der Waals surface area contributed by atoms with Gasteiger partial charge in [0.05, 0.1) is 11.7 Å². The monoisotopic (exact) mass is 269 g/mol. The first-order valence-electron chi connectivity index (χ1n) is 6.78. The molecule has 0 aromatic carbocycles. The van der Waals surface area contributed by atoms with Gasteiger partial charge in [0.1, 0.15) is 5.65 Å². The van der Waals surface area contributed by atoms with Gasteiger partial charge in [0.25, 0.3) is 0 Å². The fourth-order valence-electron chi connectivity index (χ4n) is 2.99. The summed E-state index contributed by atoms with van der Waals surface area (Å²) < 4.78 is 7.71. The highest BCUT2D eigenvalue weighted by atomic mass is 16.5. The minimum Gasteiger partial charge on any atom is -0.381 e. The normalized spacial score (nSPS) is 17.0. The van der Waals surface area contributed by atoms with Crippen LogP contribution in [0.15, 0.2) is 24.7 Å². The Bertz CT molecular complexity index is 776. The van der Waals surface area contributed by atoms with Crippen molar-refractivity contribution >= 4 is 27.9 Å². The number of hydrogen-bond acceptors (Lipinski definition) is 5. The molecule has 1 aliphatic rings. The molecule has 1 saturated heterocycles. The van der Waals surface area contributed by atoms with E-state index in [0.717, 1.165) is 48.0 Å². The molecule has 4 rings (SSSR count). The highest BCUT2D eigenvalue weighted by Gasteiger charge is 2.22. The van der Waals surface area contributed by atoms with E-state index in [9.17, 15) is 0 Å². The SMILES string of the molecule is Nc1ncc2c3ccncc3n(C3CCOCC3)c2n1. The lowest BCUT2D eigenvalue weighted by Gasteiger charge is -2.24. The molecule has 1 aliphatic heterocycles. The Morgan fingerprint density at radius 3 is 2.90 bits per heavy atom. The number of ether oxygens (including phenoxy) is 1. The van der Waals surface area contributed by atoms with Crippen molar-refractivity contribution in [2.75, 3.05) is 18.9 Å². The Balaban J connectivity index is 2.05. The lowest BCUT2D eigenvalue weighted by Crippen LogP contribution is -2.19. The first-order chi connectivity index (χ1) is 9.84. The Morgan fingerprint density at radius 2 is 2.05 bits per heavy atom. The van der Waals surface area contributed by atoms with Gasteiger partial charge in [-0.05, 0) is 18.9 Å². The van der Waals surface area contributed by atoms with Crippen LogP contribution in [0, 0.1) is 0 Å². The lowest BCUT2D eigenvalue weighted by atomic mass is 10.1. The topological polar surface area (TPSA) is 78.8 Å². The van der Waals surface area contributed by atoms with E-state index in [-0.39, 0.29) is 0 Å². The Morgan fingerprint density at radius 1 is 1.20 bits per heavy atom. The van der Waals surface area contributed by atoms with Crippen LogP contribution in [0.5, 0.6) is 0 Å². The number of nitrogen functional groups attached to an aromatic ring is 1. The fourth-order valence-corrected chi connectivity index (χ4v) is 2.99. The standard InChI is InChI=1S/C14H15N5O/c15-14-17-7-11-10-1-4-16-8-12(10)19(13(11)18-14)9-2-5-20-6-3-9/h1,4,7-9H,2-3,5-6H2,(H2,15,17,18). The Hall–Kier alpha value is -2.21. The molecule has 2 N–H and O–H groups in total. The van der Waals surface area contributed by atoms with Crippen molar-refractivity contribution in [3.05, 3.63) is 24.7 Å². The summed E-state index contributed by atoms with van der Waals surface area (Å²) in [5.74, 6) is 0.307. The molecular formula is C14H15N5O. The fraction of sp³-hybridized carbons (Fsp3) is 0.357. The average Bonchev–Trinajstić information content (AvgIpc) is 2.81. The van der Waals surface area contributed by atoms with Crippen LogP contribution in [-0.2, 0) is 4.74 Å². The number of aromatic nitrogens is 4. The highest BCUT2D eigenvalue weighted by Crippen LogP contribution is 2.33. The van der Waals surface area contributed by atoms with E-state index in [4.69, 9.17) is 10.5 Å². The summed E-state index contributed by atoms with van der Waals surface area (Å²) >= 11 is 0. The average molecular weight is 269 g/mol. The molecule has 3 aromatic heterocycles. The summed E-state index contributed by atoms with van der Waals surface area (Å²) in [4.78, 5) is 12.8. The van der Waals surface area contributed by atoms with Crippen molar-refractivity contribution in [3.8, 4) is 0 Å². The molecule has 3 aromatic rings. The summed E-state index contributed by atoms with van der Waals surface area (Å²) in [7, 11) is 0. The van der Waals surface area contributed by atoms with Crippen LogP contribution < -0.4 is 5.73 Å². The molecular weight excluding hydrogens is 254 g/mol. The minimum absolute atomic E-state index is 0.307. The summed E-state index contributed by atoms with van der Waals surface area (Å²) in [6.07, 6.45) is 7.46. The van der Waals surface area contributed by atoms with E-state index in [1.807, 2.05) is 12.3 Å². The number of nitrogens with two attached hydrogens (primary N) is 1. The van der Waals surface area contributed by atoms with Gasteiger partial charge in [0, 0.05) is 42.4 Å². The van der Waals surface area contributed by atoms with Crippen molar-refractivity contribution < 1.29 is 4.74 Å². The zero-order chi connectivity index (χ0) is 13.5. The maximum atomic E-state index is 5.77. The molecule has 0 bridgehead atoms. The Kier molecular flexibility index (Phi) is 2.56. The third-order valence-corrected chi connectivity index (χ3v) is 3.92. The molecule has 0 aliphatic carbocycles. The van der Waals surface area contributed by atoms with Crippen LogP contribution in [0.3, 0.4) is 0 Å². The molecule has 102 valence electrons. The van der Waals surface area contributed by atoms with Gasteiger partial charge in [0.2, 0.25) is 5.95 Å².